The minimum absolute atomic E-state index is 0.0903. The average Bonchev–Trinajstić information content (AvgIpc) is 3.26. The molecule has 4 aromatic rings. The number of nitrogens with zero attached hydrogens (tertiary/aromatic N) is 2. The van der Waals surface area contributed by atoms with Crippen molar-refractivity contribution in [3.05, 3.63) is 74.3 Å². The van der Waals surface area contributed by atoms with E-state index in [2.05, 4.69) is 26.1 Å². The van der Waals surface area contributed by atoms with Crippen molar-refractivity contribution in [2.24, 2.45) is 11.3 Å². The molecule has 1 aliphatic carbocycles. The van der Waals surface area contributed by atoms with Crippen molar-refractivity contribution in [2.75, 3.05) is 18.2 Å². The third-order valence-corrected chi connectivity index (χ3v) is 9.41. The predicted octanol–water partition coefficient (Wildman–Crippen LogP) is 6.99. The maximum Gasteiger partial charge on any atom is 0.267 e. The van der Waals surface area contributed by atoms with Crippen LogP contribution in [0.5, 0.6) is 5.75 Å². The van der Waals surface area contributed by atoms with Gasteiger partial charge in [0, 0.05) is 15.6 Å². The van der Waals surface area contributed by atoms with E-state index < -0.39 is 0 Å². The summed E-state index contributed by atoms with van der Waals surface area (Å²) in [5, 5.41) is 4.68. The minimum Gasteiger partial charge on any atom is -0.497 e. The van der Waals surface area contributed by atoms with Crippen LogP contribution in [0.3, 0.4) is 0 Å². The van der Waals surface area contributed by atoms with Crippen LogP contribution in [0.4, 0.5) is 5.69 Å². The molecule has 0 saturated heterocycles. The van der Waals surface area contributed by atoms with Gasteiger partial charge < -0.3 is 10.1 Å². The number of fused-ring (bicyclic) bond motifs is 3. The van der Waals surface area contributed by atoms with Crippen LogP contribution < -0.4 is 15.6 Å². The molecule has 1 unspecified atom stereocenters. The van der Waals surface area contributed by atoms with Crippen LogP contribution in [0.15, 0.2) is 58.5 Å². The molecule has 2 aromatic carbocycles. The largest absolute Gasteiger partial charge is 0.497 e. The van der Waals surface area contributed by atoms with E-state index >= 15 is 0 Å². The van der Waals surface area contributed by atoms with Crippen LogP contribution in [0.25, 0.3) is 15.9 Å². The molecule has 38 heavy (non-hydrogen) atoms. The molecule has 0 saturated carbocycles. The number of anilines is 1. The Morgan fingerprint density at radius 3 is 2.55 bits per heavy atom. The summed E-state index contributed by atoms with van der Waals surface area (Å²) in [4.78, 5) is 33.8. The molecular formula is C29H30ClN3O3S2. The first-order valence-electron chi connectivity index (χ1n) is 12.5. The number of benzene rings is 2. The first kappa shape index (κ1) is 26.8. The van der Waals surface area contributed by atoms with E-state index in [-0.39, 0.29) is 22.6 Å². The highest BCUT2D eigenvalue weighted by Gasteiger charge is 2.32. The Morgan fingerprint density at radius 1 is 1.18 bits per heavy atom. The van der Waals surface area contributed by atoms with E-state index in [0.29, 0.717) is 38.6 Å². The highest BCUT2D eigenvalue weighted by molar-refractivity contribution is 7.99. The SMILES string of the molecule is COc1ccc(-n2c(SCC(=O)Nc3ccc(Cl)cc3)nc3sc4c(c3c2=O)CCC(C(C)(C)C)C4)cc1. The molecule has 1 aliphatic rings. The fraction of sp³-hybridized carbons (Fsp3) is 0.345. The van der Waals surface area contributed by atoms with Gasteiger partial charge in [-0.15, -0.1) is 11.3 Å². The lowest BCUT2D eigenvalue weighted by atomic mass is 9.72. The molecule has 6 nitrogen and oxygen atoms in total. The molecule has 1 amide bonds. The molecule has 0 radical (unpaired) electrons. The van der Waals surface area contributed by atoms with Crippen LogP contribution in [0, 0.1) is 11.3 Å². The number of thiophene rings is 1. The maximum absolute atomic E-state index is 14.1. The number of methoxy groups -OCH3 is 1. The summed E-state index contributed by atoms with van der Waals surface area (Å²) in [5.41, 5.74) is 2.61. The number of aromatic nitrogens is 2. The number of thioether (sulfide) groups is 1. The van der Waals surface area contributed by atoms with E-state index in [1.165, 1.54) is 16.6 Å². The van der Waals surface area contributed by atoms with Crippen molar-refractivity contribution in [1.82, 2.24) is 9.55 Å². The fourth-order valence-electron chi connectivity index (χ4n) is 4.86. The second kappa shape index (κ2) is 10.8. The Hall–Kier alpha value is -2.81. The van der Waals surface area contributed by atoms with Gasteiger partial charge in [-0.05, 0) is 84.7 Å². The average molecular weight is 568 g/mol. The first-order chi connectivity index (χ1) is 18.1. The molecule has 5 rings (SSSR count). The lowest BCUT2D eigenvalue weighted by molar-refractivity contribution is -0.113. The smallest absolute Gasteiger partial charge is 0.267 e. The summed E-state index contributed by atoms with van der Waals surface area (Å²) < 4.78 is 6.94. The number of hydrogen-bond donors (Lipinski definition) is 1. The number of hydrogen-bond acceptors (Lipinski definition) is 6. The maximum atomic E-state index is 14.1. The zero-order chi connectivity index (χ0) is 27.0. The number of carbonyl (C=O) groups is 1. The van der Waals surface area contributed by atoms with Crippen molar-refractivity contribution in [1.29, 1.82) is 0 Å². The van der Waals surface area contributed by atoms with Gasteiger partial charge in [0.05, 0.1) is 23.9 Å². The molecule has 2 heterocycles. The van der Waals surface area contributed by atoms with Crippen molar-refractivity contribution in [3.8, 4) is 11.4 Å². The summed E-state index contributed by atoms with van der Waals surface area (Å²) in [6.07, 6.45) is 2.91. The quantitative estimate of drug-likeness (QED) is 0.201. The second-order valence-electron chi connectivity index (χ2n) is 10.6. The number of aryl methyl sites for hydroxylation is 1. The normalized spacial score (nSPS) is 15.3. The van der Waals surface area contributed by atoms with E-state index in [1.807, 2.05) is 24.3 Å². The van der Waals surface area contributed by atoms with Crippen molar-refractivity contribution >= 4 is 56.5 Å². The van der Waals surface area contributed by atoms with Gasteiger partial charge in [-0.1, -0.05) is 44.1 Å². The third kappa shape index (κ3) is 5.48. The van der Waals surface area contributed by atoms with Crippen LogP contribution in [-0.2, 0) is 17.6 Å². The molecular weight excluding hydrogens is 538 g/mol. The highest BCUT2D eigenvalue weighted by Crippen LogP contribution is 2.42. The van der Waals surface area contributed by atoms with Gasteiger partial charge in [0.15, 0.2) is 5.16 Å². The van der Waals surface area contributed by atoms with E-state index in [9.17, 15) is 9.59 Å². The number of carbonyl (C=O) groups excluding carboxylic acids is 1. The molecule has 0 aliphatic heterocycles. The van der Waals surface area contributed by atoms with Gasteiger partial charge in [-0.2, -0.15) is 0 Å². The summed E-state index contributed by atoms with van der Waals surface area (Å²) in [7, 11) is 1.61. The van der Waals surface area contributed by atoms with Gasteiger partial charge in [-0.25, -0.2) is 4.98 Å². The van der Waals surface area contributed by atoms with E-state index in [1.54, 1.807) is 47.3 Å². The second-order valence-corrected chi connectivity index (χ2v) is 13.0. The van der Waals surface area contributed by atoms with Crippen LogP contribution in [0.2, 0.25) is 5.02 Å². The number of halogens is 1. The molecule has 9 heteroatoms. The highest BCUT2D eigenvalue weighted by atomic mass is 35.5. The molecule has 0 bridgehead atoms. The lowest BCUT2D eigenvalue weighted by Gasteiger charge is -2.33. The van der Waals surface area contributed by atoms with Gasteiger partial charge in [0.25, 0.3) is 5.56 Å². The summed E-state index contributed by atoms with van der Waals surface area (Å²) in [6, 6.07) is 14.3. The summed E-state index contributed by atoms with van der Waals surface area (Å²) in [6.45, 7) is 6.86. The number of ether oxygens (including phenoxy) is 1. The van der Waals surface area contributed by atoms with Crippen LogP contribution >= 0.6 is 34.7 Å². The Balaban J connectivity index is 1.52. The minimum atomic E-state index is -0.188. The fourth-order valence-corrected chi connectivity index (χ4v) is 7.14. The molecule has 0 spiro atoms. The standard InChI is InChI=1S/C29H30ClN3O3S2/c1-29(2,3)17-5-14-22-23(15-17)38-26-25(22)27(35)33(20-10-12-21(36-4)13-11-20)28(32-26)37-16-24(34)31-19-8-6-18(30)7-9-19/h6-13,17H,5,14-16H2,1-4H3,(H,31,34). The zero-order valence-electron chi connectivity index (χ0n) is 21.8. The number of rotatable bonds is 6. The molecule has 1 atom stereocenters. The molecule has 0 fully saturated rings. The van der Waals surface area contributed by atoms with Gasteiger partial charge in [0.2, 0.25) is 5.91 Å². The molecule has 1 N–H and O–H groups in total. The Kier molecular flexibility index (Phi) is 7.58. The van der Waals surface area contributed by atoms with Crippen molar-refractivity contribution < 1.29 is 9.53 Å². The van der Waals surface area contributed by atoms with E-state index in [0.717, 1.165) is 29.7 Å². The van der Waals surface area contributed by atoms with Crippen molar-refractivity contribution in [3.63, 3.8) is 0 Å². The topological polar surface area (TPSA) is 73.2 Å². The predicted molar refractivity (Wildman–Crippen MR) is 158 cm³/mol. The third-order valence-electron chi connectivity index (χ3n) is 7.07. The summed E-state index contributed by atoms with van der Waals surface area (Å²) in [5.74, 6) is 1.19. The van der Waals surface area contributed by atoms with Gasteiger partial charge in [-0.3, -0.25) is 14.2 Å². The molecule has 2 aromatic heterocycles. The van der Waals surface area contributed by atoms with Gasteiger partial charge >= 0.3 is 0 Å². The number of amides is 1. The van der Waals surface area contributed by atoms with Gasteiger partial charge in [0.1, 0.15) is 10.6 Å². The molecule has 198 valence electrons. The summed E-state index contributed by atoms with van der Waals surface area (Å²) >= 11 is 8.83. The Morgan fingerprint density at radius 2 is 1.89 bits per heavy atom. The number of nitrogens with one attached hydrogen (secondary N) is 1. The zero-order valence-corrected chi connectivity index (χ0v) is 24.2. The monoisotopic (exact) mass is 567 g/mol. The Labute approximate surface area is 235 Å². The van der Waals surface area contributed by atoms with Crippen LogP contribution in [0.1, 0.15) is 37.6 Å². The van der Waals surface area contributed by atoms with Crippen molar-refractivity contribution in [2.45, 2.75) is 45.2 Å². The first-order valence-corrected chi connectivity index (χ1v) is 14.7. The Bertz CT molecular complexity index is 1540. The lowest BCUT2D eigenvalue weighted by Crippen LogP contribution is -2.27. The van der Waals surface area contributed by atoms with Crippen LogP contribution in [-0.4, -0.2) is 28.3 Å². The van der Waals surface area contributed by atoms with E-state index in [4.69, 9.17) is 21.3 Å².